The summed E-state index contributed by atoms with van der Waals surface area (Å²) in [7, 11) is 0. The Balaban J connectivity index is 4.39. The van der Waals surface area contributed by atoms with Gasteiger partial charge in [0.25, 0.3) is 0 Å². The van der Waals surface area contributed by atoms with Crippen LogP contribution in [0.5, 0.6) is 0 Å². The number of rotatable bonds is 10. The maximum Gasteiger partial charge on any atom is 0.325 e. The zero-order chi connectivity index (χ0) is 18.8. The highest BCUT2D eigenvalue weighted by molar-refractivity contribution is 5.89. The SMILES string of the molecule is CC(C)C(NC(=O)CCCCC=O)C(=O)NCC(=O)OC(C)(C)C. The van der Waals surface area contributed by atoms with Crippen LogP contribution in [0.2, 0.25) is 0 Å². The van der Waals surface area contributed by atoms with Crippen molar-refractivity contribution >= 4 is 24.1 Å². The van der Waals surface area contributed by atoms with Crippen LogP contribution in [-0.2, 0) is 23.9 Å². The van der Waals surface area contributed by atoms with Crippen molar-refractivity contribution in [1.29, 1.82) is 0 Å². The number of carbonyl (C=O) groups excluding carboxylic acids is 4. The lowest BCUT2D eigenvalue weighted by molar-refractivity contribution is -0.154. The first-order valence-corrected chi connectivity index (χ1v) is 8.29. The summed E-state index contributed by atoms with van der Waals surface area (Å²) >= 11 is 0. The first kappa shape index (κ1) is 22.1. The van der Waals surface area contributed by atoms with Crippen molar-refractivity contribution in [2.24, 2.45) is 5.92 Å². The average molecular weight is 342 g/mol. The lowest BCUT2D eigenvalue weighted by Crippen LogP contribution is -2.51. The topological polar surface area (TPSA) is 102 Å². The van der Waals surface area contributed by atoms with E-state index in [1.165, 1.54) is 0 Å². The van der Waals surface area contributed by atoms with E-state index in [0.717, 1.165) is 6.29 Å². The molecule has 0 aromatic heterocycles. The fourth-order valence-corrected chi connectivity index (χ4v) is 1.94. The fourth-order valence-electron chi connectivity index (χ4n) is 1.94. The lowest BCUT2D eigenvalue weighted by atomic mass is 10.0. The number of carbonyl (C=O) groups is 4. The summed E-state index contributed by atoms with van der Waals surface area (Å²) in [5.74, 6) is -1.31. The molecule has 0 fully saturated rings. The van der Waals surface area contributed by atoms with Crippen LogP contribution in [0.3, 0.4) is 0 Å². The van der Waals surface area contributed by atoms with Crippen molar-refractivity contribution in [3.8, 4) is 0 Å². The van der Waals surface area contributed by atoms with E-state index in [1.807, 2.05) is 13.8 Å². The van der Waals surface area contributed by atoms with Crippen molar-refractivity contribution in [3.63, 3.8) is 0 Å². The monoisotopic (exact) mass is 342 g/mol. The molecular formula is C17H30N2O5. The first-order chi connectivity index (χ1) is 11.1. The van der Waals surface area contributed by atoms with Crippen LogP contribution in [0.4, 0.5) is 0 Å². The Hall–Kier alpha value is -1.92. The van der Waals surface area contributed by atoms with Crippen molar-refractivity contribution in [2.45, 2.75) is 71.9 Å². The van der Waals surface area contributed by atoms with Gasteiger partial charge in [0.15, 0.2) is 0 Å². The second kappa shape index (κ2) is 10.8. The van der Waals surface area contributed by atoms with Gasteiger partial charge in [-0.25, -0.2) is 0 Å². The predicted molar refractivity (Wildman–Crippen MR) is 90.2 cm³/mol. The van der Waals surface area contributed by atoms with Crippen molar-refractivity contribution in [1.82, 2.24) is 10.6 Å². The predicted octanol–water partition coefficient (Wildman–Crippen LogP) is 1.34. The standard InChI is InChI=1S/C17H30N2O5/c1-12(2)15(19-13(21)9-7-6-8-10-20)16(23)18-11-14(22)24-17(3,4)5/h10,12,15H,6-9,11H2,1-5H3,(H,18,23)(H,19,21). The van der Waals surface area contributed by atoms with Crippen LogP contribution in [0.25, 0.3) is 0 Å². The van der Waals surface area contributed by atoms with Crippen molar-refractivity contribution < 1.29 is 23.9 Å². The Morgan fingerprint density at radius 3 is 2.25 bits per heavy atom. The van der Waals surface area contributed by atoms with E-state index < -0.39 is 23.5 Å². The number of esters is 1. The Bertz CT molecular complexity index is 441. The summed E-state index contributed by atoms with van der Waals surface area (Å²) in [6.45, 7) is 8.61. The number of nitrogens with one attached hydrogen (secondary N) is 2. The van der Waals surface area contributed by atoms with E-state index in [9.17, 15) is 19.2 Å². The number of amides is 2. The molecule has 138 valence electrons. The Labute approximate surface area is 143 Å². The molecule has 2 amide bonds. The molecule has 0 spiro atoms. The zero-order valence-electron chi connectivity index (χ0n) is 15.3. The minimum absolute atomic E-state index is 0.123. The minimum Gasteiger partial charge on any atom is -0.459 e. The third-order valence-electron chi connectivity index (χ3n) is 3.07. The van der Waals surface area contributed by atoms with E-state index in [2.05, 4.69) is 10.6 Å². The molecular weight excluding hydrogens is 312 g/mol. The van der Waals surface area contributed by atoms with Gasteiger partial charge in [-0.2, -0.15) is 0 Å². The van der Waals surface area contributed by atoms with E-state index in [1.54, 1.807) is 20.8 Å². The molecule has 0 heterocycles. The van der Waals surface area contributed by atoms with Gasteiger partial charge < -0.3 is 20.2 Å². The van der Waals surface area contributed by atoms with Gasteiger partial charge in [-0.05, 0) is 39.5 Å². The van der Waals surface area contributed by atoms with Gasteiger partial charge in [-0.3, -0.25) is 14.4 Å². The van der Waals surface area contributed by atoms with Gasteiger partial charge in [0, 0.05) is 12.8 Å². The Kier molecular flexibility index (Phi) is 9.92. The highest BCUT2D eigenvalue weighted by Crippen LogP contribution is 2.07. The number of hydrogen-bond acceptors (Lipinski definition) is 5. The first-order valence-electron chi connectivity index (χ1n) is 8.29. The third kappa shape index (κ3) is 10.7. The summed E-state index contributed by atoms with van der Waals surface area (Å²) in [5.41, 5.74) is -0.616. The Morgan fingerprint density at radius 1 is 1.12 bits per heavy atom. The summed E-state index contributed by atoms with van der Waals surface area (Å²) in [6.07, 6.45) is 2.75. The van der Waals surface area contributed by atoms with Crippen LogP contribution < -0.4 is 10.6 Å². The van der Waals surface area contributed by atoms with Gasteiger partial charge in [0.1, 0.15) is 24.5 Å². The molecule has 7 nitrogen and oxygen atoms in total. The highest BCUT2D eigenvalue weighted by Gasteiger charge is 2.25. The second-order valence-corrected chi connectivity index (χ2v) is 7.01. The molecule has 0 aromatic rings. The van der Waals surface area contributed by atoms with Gasteiger partial charge in [0.2, 0.25) is 11.8 Å². The molecule has 0 radical (unpaired) electrons. The molecule has 0 bridgehead atoms. The quantitative estimate of drug-likeness (QED) is 0.354. The minimum atomic E-state index is -0.717. The van der Waals surface area contributed by atoms with Gasteiger partial charge in [0.05, 0.1) is 0 Å². The van der Waals surface area contributed by atoms with Crippen LogP contribution >= 0.6 is 0 Å². The molecule has 24 heavy (non-hydrogen) atoms. The van der Waals surface area contributed by atoms with Crippen molar-refractivity contribution in [2.75, 3.05) is 6.54 Å². The molecule has 2 N–H and O–H groups in total. The average Bonchev–Trinajstić information content (AvgIpc) is 2.44. The molecule has 0 aliphatic heterocycles. The number of ether oxygens (including phenoxy) is 1. The smallest absolute Gasteiger partial charge is 0.325 e. The van der Waals surface area contributed by atoms with Crippen LogP contribution in [-0.4, -0.2) is 42.3 Å². The van der Waals surface area contributed by atoms with Gasteiger partial charge >= 0.3 is 5.97 Å². The molecule has 0 aromatic carbocycles. The largest absolute Gasteiger partial charge is 0.459 e. The molecule has 1 atom stereocenters. The van der Waals surface area contributed by atoms with Crippen molar-refractivity contribution in [3.05, 3.63) is 0 Å². The molecule has 0 saturated carbocycles. The maximum absolute atomic E-state index is 12.2. The van der Waals surface area contributed by atoms with Gasteiger partial charge in [-0.1, -0.05) is 13.8 Å². The van der Waals surface area contributed by atoms with Gasteiger partial charge in [-0.15, -0.1) is 0 Å². The highest BCUT2D eigenvalue weighted by atomic mass is 16.6. The zero-order valence-corrected chi connectivity index (χ0v) is 15.3. The summed E-state index contributed by atoms with van der Waals surface area (Å²) < 4.78 is 5.12. The Morgan fingerprint density at radius 2 is 1.75 bits per heavy atom. The summed E-state index contributed by atoms with van der Waals surface area (Å²) in [4.78, 5) is 45.9. The molecule has 0 rings (SSSR count). The van der Waals surface area contributed by atoms with E-state index in [0.29, 0.717) is 19.3 Å². The summed E-state index contributed by atoms with van der Waals surface area (Å²) in [5, 5.41) is 5.17. The molecule has 1 unspecified atom stereocenters. The van der Waals surface area contributed by atoms with Crippen LogP contribution in [0.15, 0.2) is 0 Å². The maximum atomic E-state index is 12.2. The fraction of sp³-hybridized carbons (Fsp3) is 0.765. The molecule has 0 aliphatic rings. The van der Waals surface area contributed by atoms with Crippen LogP contribution in [0.1, 0.15) is 60.3 Å². The lowest BCUT2D eigenvalue weighted by Gasteiger charge is -2.23. The third-order valence-corrected chi connectivity index (χ3v) is 3.07. The second-order valence-electron chi connectivity index (χ2n) is 7.01. The normalized spacial score (nSPS) is 12.4. The number of hydrogen-bond donors (Lipinski definition) is 2. The molecule has 0 saturated heterocycles. The van der Waals surface area contributed by atoms with E-state index >= 15 is 0 Å². The van der Waals surface area contributed by atoms with E-state index in [-0.39, 0.29) is 24.8 Å². The number of aldehydes is 1. The van der Waals surface area contributed by atoms with Crippen LogP contribution in [0, 0.1) is 5.92 Å². The number of unbranched alkanes of at least 4 members (excludes halogenated alkanes) is 2. The van der Waals surface area contributed by atoms with E-state index in [4.69, 9.17) is 4.74 Å². The molecule has 0 aliphatic carbocycles. The molecule has 7 heteroatoms. The summed E-state index contributed by atoms with van der Waals surface area (Å²) in [6, 6.07) is -0.717.